The molecule has 0 atom stereocenters. The van der Waals surface area contributed by atoms with E-state index in [9.17, 15) is 4.79 Å². The van der Waals surface area contributed by atoms with Gasteiger partial charge in [0, 0.05) is 23.6 Å². The average molecular weight is 417 g/mol. The van der Waals surface area contributed by atoms with Crippen LogP contribution in [0.15, 0.2) is 30.5 Å². The minimum Gasteiger partial charge on any atom is -0.361 e. The summed E-state index contributed by atoms with van der Waals surface area (Å²) in [4.78, 5) is 15.4. The van der Waals surface area contributed by atoms with Crippen LogP contribution in [0, 0.1) is 0 Å². The molecule has 1 aromatic carbocycles. The number of carbonyl (C=O) groups excluding carboxylic acids is 1. The Bertz CT molecular complexity index is 702. The van der Waals surface area contributed by atoms with Gasteiger partial charge in [0.2, 0.25) is 5.91 Å². The Hall–Kier alpha value is -1.93. The van der Waals surface area contributed by atoms with E-state index >= 15 is 0 Å². The third-order valence-corrected chi connectivity index (χ3v) is 5.10. The maximum absolute atomic E-state index is 12.1. The fraction of sp³-hybridized carbons (Fsp3) is 0.609. The number of hydrogen-bond donors (Lipinski definition) is 6. The maximum Gasteiger partial charge on any atom is 0.224 e. The van der Waals surface area contributed by atoms with Crippen molar-refractivity contribution in [3.63, 3.8) is 0 Å². The number of unbranched alkanes of at least 4 members (excludes halogenated alkanes) is 1. The van der Waals surface area contributed by atoms with Gasteiger partial charge in [-0.2, -0.15) is 0 Å². The first-order valence-electron chi connectivity index (χ1n) is 11.4. The number of hydrogen-bond acceptors (Lipinski definition) is 5. The van der Waals surface area contributed by atoms with Crippen LogP contribution >= 0.6 is 0 Å². The summed E-state index contributed by atoms with van der Waals surface area (Å²) in [6.07, 6.45) is 7.86. The highest BCUT2D eigenvalue weighted by Crippen LogP contribution is 2.17. The molecule has 0 fully saturated rings. The summed E-state index contributed by atoms with van der Waals surface area (Å²) in [6.45, 7) is 7.69. The van der Waals surface area contributed by atoms with E-state index in [-0.39, 0.29) is 5.91 Å². The van der Waals surface area contributed by atoms with Crippen LogP contribution in [0.1, 0.15) is 37.7 Å². The Labute approximate surface area is 180 Å². The highest BCUT2D eigenvalue weighted by atomic mass is 16.1. The lowest BCUT2D eigenvalue weighted by atomic mass is 10.1. The normalized spacial score (nSPS) is 11.2. The average Bonchev–Trinajstić information content (AvgIpc) is 3.16. The molecule has 2 rings (SSSR count). The van der Waals surface area contributed by atoms with Crippen LogP contribution in [-0.4, -0.2) is 63.2 Å². The number of benzene rings is 1. The number of nitrogens with two attached hydrogens (primary N) is 1. The van der Waals surface area contributed by atoms with Gasteiger partial charge in [0.1, 0.15) is 0 Å². The second kappa shape index (κ2) is 15.8. The predicted molar refractivity (Wildman–Crippen MR) is 126 cm³/mol. The van der Waals surface area contributed by atoms with Crippen LogP contribution in [-0.2, 0) is 11.2 Å². The van der Waals surface area contributed by atoms with Gasteiger partial charge in [0.05, 0.1) is 6.42 Å². The molecule has 2 aromatic rings. The number of nitrogens with one attached hydrogen (secondary N) is 5. The van der Waals surface area contributed by atoms with Crippen LogP contribution < -0.4 is 27.0 Å². The zero-order valence-corrected chi connectivity index (χ0v) is 18.3. The molecule has 0 bridgehead atoms. The van der Waals surface area contributed by atoms with E-state index in [0.29, 0.717) is 13.0 Å². The van der Waals surface area contributed by atoms with Crippen LogP contribution in [0.2, 0.25) is 0 Å². The second-order valence-electron chi connectivity index (χ2n) is 7.69. The molecule has 0 saturated heterocycles. The summed E-state index contributed by atoms with van der Waals surface area (Å²) in [5, 5.41) is 14.5. The zero-order chi connectivity index (χ0) is 21.3. The van der Waals surface area contributed by atoms with E-state index in [2.05, 4.69) is 32.3 Å². The molecule has 0 aliphatic rings. The molecule has 1 heterocycles. The first-order valence-corrected chi connectivity index (χ1v) is 11.4. The van der Waals surface area contributed by atoms with Gasteiger partial charge in [-0.3, -0.25) is 4.79 Å². The van der Waals surface area contributed by atoms with Gasteiger partial charge >= 0.3 is 0 Å². The first kappa shape index (κ1) is 24.3. The molecule has 0 unspecified atom stereocenters. The summed E-state index contributed by atoms with van der Waals surface area (Å²) in [7, 11) is 0. The molecule has 0 aliphatic carbocycles. The summed E-state index contributed by atoms with van der Waals surface area (Å²) >= 11 is 0. The highest BCUT2D eigenvalue weighted by molar-refractivity contribution is 5.88. The van der Waals surface area contributed by atoms with Gasteiger partial charge in [-0.1, -0.05) is 18.2 Å². The van der Waals surface area contributed by atoms with Gasteiger partial charge in [0.25, 0.3) is 0 Å². The van der Waals surface area contributed by atoms with E-state index in [1.807, 2.05) is 24.4 Å². The van der Waals surface area contributed by atoms with Gasteiger partial charge in [-0.25, -0.2) is 0 Å². The second-order valence-corrected chi connectivity index (χ2v) is 7.69. The standard InChI is InChI=1S/C23H40N6O/c24-10-3-4-11-25-12-5-13-26-14-6-15-27-16-7-17-28-23(30)18-20-19-29-22-9-2-1-8-21(20)22/h1-2,8-9,19,25-27,29H,3-7,10-18,24H2,(H,28,30). The fourth-order valence-electron chi connectivity index (χ4n) is 3.40. The Balaban J connectivity index is 1.35. The largest absolute Gasteiger partial charge is 0.361 e. The third kappa shape index (κ3) is 10.2. The summed E-state index contributed by atoms with van der Waals surface area (Å²) in [6, 6.07) is 8.08. The van der Waals surface area contributed by atoms with Crippen molar-refractivity contribution >= 4 is 16.8 Å². The van der Waals surface area contributed by atoms with Crippen molar-refractivity contribution in [2.75, 3.05) is 52.4 Å². The molecule has 0 spiro atoms. The number of rotatable bonds is 18. The first-order chi connectivity index (χ1) is 14.8. The zero-order valence-electron chi connectivity index (χ0n) is 18.3. The summed E-state index contributed by atoms with van der Waals surface area (Å²) < 4.78 is 0. The lowest BCUT2D eigenvalue weighted by Crippen LogP contribution is -2.29. The van der Waals surface area contributed by atoms with Gasteiger partial charge in [-0.15, -0.1) is 0 Å². The molecule has 168 valence electrons. The molecule has 1 aromatic heterocycles. The van der Waals surface area contributed by atoms with Crippen LogP contribution in [0.5, 0.6) is 0 Å². The van der Waals surface area contributed by atoms with Gasteiger partial charge in [0.15, 0.2) is 0 Å². The number of aromatic amines is 1. The molecule has 0 aliphatic heterocycles. The molecular weight excluding hydrogens is 376 g/mol. The number of amides is 1. The molecule has 7 N–H and O–H groups in total. The minimum absolute atomic E-state index is 0.0813. The van der Waals surface area contributed by atoms with E-state index < -0.39 is 0 Å². The van der Waals surface area contributed by atoms with Crippen molar-refractivity contribution in [3.8, 4) is 0 Å². The lowest BCUT2D eigenvalue weighted by molar-refractivity contribution is -0.120. The SMILES string of the molecule is NCCCCNCCCNCCCNCCCNC(=O)Cc1c[nH]c2ccccc12. The van der Waals surface area contributed by atoms with E-state index in [1.165, 1.54) is 6.42 Å². The molecular formula is C23H40N6O. The van der Waals surface area contributed by atoms with Gasteiger partial charge in [-0.05, 0) is 89.5 Å². The molecule has 0 saturated carbocycles. The molecule has 7 heteroatoms. The number of aromatic nitrogens is 1. The number of para-hydroxylation sites is 1. The third-order valence-electron chi connectivity index (χ3n) is 5.10. The molecule has 0 radical (unpaired) electrons. The van der Waals surface area contributed by atoms with Crippen molar-refractivity contribution < 1.29 is 4.79 Å². The highest BCUT2D eigenvalue weighted by Gasteiger charge is 2.07. The maximum atomic E-state index is 12.1. The Morgan fingerprint density at radius 3 is 2.07 bits per heavy atom. The van der Waals surface area contributed by atoms with Gasteiger partial charge < -0.3 is 32.0 Å². The van der Waals surface area contributed by atoms with Crippen LogP contribution in [0.25, 0.3) is 10.9 Å². The number of H-pyrrole nitrogens is 1. The topological polar surface area (TPSA) is 107 Å². The van der Waals surface area contributed by atoms with Crippen molar-refractivity contribution in [2.45, 2.75) is 38.5 Å². The molecule has 7 nitrogen and oxygen atoms in total. The smallest absolute Gasteiger partial charge is 0.224 e. The quantitative estimate of drug-likeness (QED) is 0.207. The van der Waals surface area contributed by atoms with Crippen molar-refractivity contribution in [1.29, 1.82) is 0 Å². The Morgan fingerprint density at radius 2 is 1.40 bits per heavy atom. The van der Waals surface area contributed by atoms with E-state index in [4.69, 9.17) is 5.73 Å². The summed E-state index contributed by atoms with van der Waals surface area (Å²) in [5.41, 5.74) is 7.60. The monoisotopic (exact) mass is 416 g/mol. The van der Waals surface area contributed by atoms with Crippen molar-refractivity contribution in [1.82, 2.24) is 26.3 Å². The number of carbonyl (C=O) groups is 1. The minimum atomic E-state index is 0.0813. The van der Waals surface area contributed by atoms with Crippen LogP contribution in [0.4, 0.5) is 0 Å². The molecule has 1 amide bonds. The fourth-order valence-corrected chi connectivity index (χ4v) is 3.40. The summed E-state index contributed by atoms with van der Waals surface area (Å²) in [5.74, 6) is 0.0813. The number of fused-ring (bicyclic) bond motifs is 1. The Morgan fingerprint density at radius 1 is 0.800 bits per heavy atom. The van der Waals surface area contributed by atoms with Crippen molar-refractivity contribution in [3.05, 3.63) is 36.0 Å². The van der Waals surface area contributed by atoms with E-state index in [1.54, 1.807) is 0 Å². The molecule has 30 heavy (non-hydrogen) atoms. The van der Waals surface area contributed by atoms with Crippen LogP contribution in [0.3, 0.4) is 0 Å². The van der Waals surface area contributed by atoms with E-state index in [0.717, 1.165) is 88.0 Å². The Kier molecular flexibility index (Phi) is 12.9. The van der Waals surface area contributed by atoms with Crippen molar-refractivity contribution in [2.24, 2.45) is 5.73 Å². The lowest BCUT2D eigenvalue weighted by Gasteiger charge is -2.08. The predicted octanol–water partition coefficient (Wildman–Crippen LogP) is 1.50.